The lowest BCUT2D eigenvalue weighted by atomic mass is 9.84. The van der Waals surface area contributed by atoms with Crippen LogP contribution in [0.5, 0.6) is 0 Å². The lowest BCUT2D eigenvalue weighted by Crippen LogP contribution is -2.23. The lowest BCUT2D eigenvalue weighted by Gasteiger charge is -2.23. The number of amides is 1. The van der Waals surface area contributed by atoms with Gasteiger partial charge in [-0.05, 0) is 18.1 Å². The van der Waals surface area contributed by atoms with E-state index >= 15 is 0 Å². The number of carbonyl (C=O) groups excluding carboxylic acids is 1. The first kappa shape index (κ1) is 13.8. The summed E-state index contributed by atoms with van der Waals surface area (Å²) < 4.78 is 0. The van der Waals surface area contributed by atoms with Gasteiger partial charge in [0.25, 0.3) is 0 Å². The summed E-state index contributed by atoms with van der Waals surface area (Å²) >= 11 is 0. The van der Waals surface area contributed by atoms with Gasteiger partial charge in [-0.15, -0.1) is 0 Å². The highest BCUT2D eigenvalue weighted by Gasteiger charge is 2.31. The molecule has 0 saturated carbocycles. The zero-order valence-corrected chi connectivity index (χ0v) is 12.8. The third kappa shape index (κ3) is 2.42. The van der Waals surface area contributed by atoms with E-state index in [1.807, 2.05) is 18.2 Å². The molecule has 1 amide bonds. The van der Waals surface area contributed by atoms with Crippen molar-refractivity contribution in [2.45, 2.75) is 19.3 Å². The van der Waals surface area contributed by atoms with E-state index in [0.717, 1.165) is 22.4 Å². The van der Waals surface area contributed by atoms with Crippen LogP contribution in [-0.2, 0) is 4.79 Å². The quantitative estimate of drug-likeness (QED) is 0.755. The molecule has 0 fully saturated rings. The number of carbonyl (C=O) groups is 1. The van der Waals surface area contributed by atoms with Crippen LogP contribution in [0, 0.1) is 6.92 Å². The second-order valence-corrected chi connectivity index (χ2v) is 5.94. The zero-order chi connectivity index (χ0) is 15.8. The fraction of sp³-hybridized carbons (Fsp3) is 0.158. The molecule has 4 heteroatoms. The second-order valence-electron chi connectivity index (χ2n) is 5.94. The second kappa shape index (κ2) is 5.39. The molecule has 2 aromatic carbocycles. The Morgan fingerprint density at radius 1 is 1.04 bits per heavy atom. The predicted octanol–water partition coefficient (Wildman–Crippen LogP) is 3.86. The molecule has 3 aromatic rings. The number of aryl methyl sites for hydroxylation is 1. The number of nitrogens with one attached hydrogen (secondary N) is 2. The minimum atomic E-state index is 0.00851. The van der Waals surface area contributed by atoms with Crippen LogP contribution < -0.4 is 5.32 Å². The summed E-state index contributed by atoms with van der Waals surface area (Å²) in [6.45, 7) is 2.07. The van der Waals surface area contributed by atoms with Gasteiger partial charge in [-0.3, -0.25) is 9.89 Å². The molecule has 4 nitrogen and oxygen atoms in total. The Morgan fingerprint density at radius 3 is 2.52 bits per heavy atom. The van der Waals surface area contributed by atoms with Gasteiger partial charge in [0, 0.05) is 17.9 Å². The van der Waals surface area contributed by atoms with E-state index in [0.29, 0.717) is 12.2 Å². The molecular weight excluding hydrogens is 286 g/mol. The maximum atomic E-state index is 12.1. The summed E-state index contributed by atoms with van der Waals surface area (Å²) in [5.74, 6) is 0.674. The molecule has 0 spiro atoms. The van der Waals surface area contributed by atoms with Gasteiger partial charge >= 0.3 is 0 Å². The number of hydrogen-bond acceptors (Lipinski definition) is 2. The number of aromatic nitrogens is 2. The topological polar surface area (TPSA) is 57.8 Å². The molecule has 114 valence electrons. The number of H-pyrrole nitrogens is 1. The molecule has 0 aliphatic carbocycles. The minimum absolute atomic E-state index is 0.00851. The highest BCUT2D eigenvalue weighted by Crippen LogP contribution is 2.41. The van der Waals surface area contributed by atoms with E-state index in [-0.39, 0.29) is 11.8 Å². The highest BCUT2D eigenvalue weighted by atomic mass is 16.1. The van der Waals surface area contributed by atoms with Gasteiger partial charge in [0.15, 0.2) is 5.82 Å². The number of nitrogens with zero attached hydrogens (tertiary/aromatic N) is 1. The van der Waals surface area contributed by atoms with Crippen LogP contribution in [-0.4, -0.2) is 16.1 Å². The fourth-order valence-corrected chi connectivity index (χ4v) is 3.16. The minimum Gasteiger partial charge on any atom is -0.309 e. The molecular formula is C19H17N3O. The standard InChI is InChI=1S/C19H17N3O/c1-12-7-9-13(10-8-12)15-11-16(23)20-19-17(15)18(21-22-19)14-5-3-2-4-6-14/h2-10,15H,11H2,1H3,(H2,20,21,22,23). The molecule has 4 rings (SSSR count). The maximum Gasteiger partial charge on any atom is 0.226 e. The third-order valence-corrected chi connectivity index (χ3v) is 4.34. The number of rotatable bonds is 2. The van der Waals surface area contributed by atoms with Gasteiger partial charge in [0.1, 0.15) is 0 Å². The Balaban J connectivity index is 1.86. The summed E-state index contributed by atoms with van der Waals surface area (Å²) in [5, 5.41) is 10.3. The SMILES string of the molecule is Cc1ccc(C2CC(=O)Nc3n[nH]c(-c4ccccc4)c32)cc1. The number of hydrogen-bond donors (Lipinski definition) is 2. The highest BCUT2D eigenvalue weighted by molar-refractivity contribution is 5.96. The van der Waals surface area contributed by atoms with Gasteiger partial charge in [0.05, 0.1) is 5.69 Å². The van der Waals surface area contributed by atoms with Crippen molar-refractivity contribution in [2.24, 2.45) is 0 Å². The predicted molar refractivity (Wildman–Crippen MR) is 90.3 cm³/mol. The Labute approximate surface area is 134 Å². The smallest absolute Gasteiger partial charge is 0.226 e. The van der Waals surface area contributed by atoms with Gasteiger partial charge in [0.2, 0.25) is 5.91 Å². The Bertz CT molecular complexity index is 850. The van der Waals surface area contributed by atoms with Crippen molar-refractivity contribution in [3.8, 4) is 11.3 Å². The normalized spacial score (nSPS) is 16.7. The van der Waals surface area contributed by atoms with Crippen molar-refractivity contribution >= 4 is 11.7 Å². The van der Waals surface area contributed by atoms with E-state index < -0.39 is 0 Å². The fourth-order valence-electron chi connectivity index (χ4n) is 3.16. The zero-order valence-electron chi connectivity index (χ0n) is 12.8. The van der Waals surface area contributed by atoms with E-state index in [1.54, 1.807) is 0 Å². The maximum absolute atomic E-state index is 12.1. The lowest BCUT2D eigenvalue weighted by molar-refractivity contribution is -0.116. The van der Waals surface area contributed by atoms with Crippen LogP contribution in [0.1, 0.15) is 29.0 Å². The molecule has 2 heterocycles. The molecule has 1 aromatic heterocycles. The van der Waals surface area contributed by atoms with Crippen molar-refractivity contribution in [2.75, 3.05) is 5.32 Å². The summed E-state index contributed by atoms with van der Waals surface area (Å²) in [5.41, 5.74) is 5.48. The molecule has 0 saturated heterocycles. The van der Waals surface area contributed by atoms with Crippen LogP contribution in [0.3, 0.4) is 0 Å². The molecule has 1 aliphatic heterocycles. The van der Waals surface area contributed by atoms with Crippen LogP contribution >= 0.6 is 0 Å². The van der Waals surface area contributed by atoms with Gasteiger partial charge < -0.3 is 5.32 Å². The van der Waals surface area contributed by atoms with Crippen LogP contribution in [0.4, 0.5) is 5.82 Å². The van der Waals surface area contributed by atoms with Crippen molar-refractivity contribution in [1.82, 2.24) is 10.2 Å². The van der Waals surface area contributed by atoms with Crippen molar-refractivity contribution in [3.05, 3.63) is 71.3 Å². The van der Waals surface area contributed by atoms with Gasteiger partial charge in [-0.1, -0.05) is 60.2 Å². The average molecular weight is 303 g/mol. The number of fused-ring (bicyclic) bond motifs is 1. The molecule has 0 radical (unpaired) electrons. The van der Waals surface area contributed by atoms with E-state index in [1.165, 1.54) is 5.56 Å². The van der Waals surface area contributed by atoms with E-state index in [4.69, 9.17) is 0 Å². The molecule has 2 N–H and O–H groups in total. The number of benzene rings is 2. The van der Waals surface area contributed by atoms with Crippen LogP contribution in [0.2, 0.25) is 0 Å². The Morgan fingerprint density at radius 2 is 1.78 bits per heavy atom. The number of aromatic amines is 1. The van der Waals surface area contributed by atoms with Gasteiger partial charge in [-0.2, -0.15) is 5.10 Å². The van der Waals surface area contributed by atoms with E-state index in [9.17, 15) is 4.79 Å². The molecule has 1 unspecified atom stereocenters. The van der Waals surface area contributed by atoms with E-state index in [2.05, 4.69) is 58.8 Å². The largest absolute Gasteiger partial charge is 0.309 e. The summed E-state index contributed by atoms with van der Waals surface area (Å²) in [7, 11) is 0. The monoisotopic (exact) mass is 303 g/mol. The summed E-state index contributed by atoms with van der Waals surface area (Å²) in [4.78, 5) is 12.1. The molecule has 0 bridgehead atoms. The third-order valence-electron chi connectivity index (χ3n) is 4.34. The summed E-state index contributed by atoms with van der Waals surface area (Å²) in [6, 6.07) is 18.5. The van der Waals surface area contributed by atoms with Crippen LogP contribution in [0.25, 0.3) is 11.3 Å². The van der Waals surface area contributed by atoms with Crippen LogP contribution in [0.15, 0.2) is 54.6 Å². The first-order valence-electron chi connectivity index (χ1n) is 7.72. The van der Waals surface area contributed by atoms with Crippen molar-refractivity contribution < 1.29 is 4.79 Å². The van der Waals surface area contributed by atoms with Crippen molar-refractivity contribution in [1.29, 1.82) is 0 Å². The van der Waals surface area contributed by atoms with Gasteiger partial charge in [-0.25, -0.2) is 0 Å². The first-order valence-corrected chi connectivity index (χ1v) is 7.72. The number of anilines is 1. The average Bonchev–Trinajstić information content (AvgIpc) is 2.99. The molecule has 1 aliphatic rings. The molecule has 1 atom stereocenters. The Hall–Kier alpha value is -2.88. The Kier molecular flexibility index (Phi) is 3.23. The van der Waals surface area contributed by atoms with Crippen molar-refractivity contribution in [3.63, 3.8) is 0 Å². The first-order chi connectivity index (χ1) is 11.2. The summed E-state index contributed by atoms with van der Waals surface area (Å²) in [6.07, 6.45) is 0.440. The molecule has 23 heavy (non-hydrogen) atoms.